The van der Waals surface area contributed by atoms with Gasteiger partial charge in [-0.3, -0.25) is 9.59 Å². The maximum Gasteiger partial charge on any atom is 0.289 e. The van der Waals surface area contributed by atoms with Crippen molar-refractivity contribution in [2.24, 2.45) is 5.92 Å². The minimum atomic E-state index is -0.108. The van der Waals surface area contributed by atoms with Crippen molar-refractivity contribution in [3.63, 3.8) is 0 Å². The lowest BCUT2D eigenvalue weighted by Gasteiger charge is -2.34. The molecule has 0 bridgehead atoms. The first-order valence-corrected chi connectivity index (χ1v) is 8.20. The van der Waals surface area contributed by atoms with Gasteiger partial charge < -0.3 is 18.6 Å². The molecule has 1 aliphatic rings. The molecule has 24 heavy (non-hydrogen) atoms. The molecule has 0 radical (unpaired) electrons. The van der Waals surface area contributed by atoms with Crippen LogP contribution in [0.15, 0.2) is 45.6 Å². The van der Waals surface area contributed by atoms with E-state index in [0.717, 1.165) is 5.76 Å². The highest BCUT2D eigenvalue weighted by Crippen LogP contribution is 2.26. The molecule has 128 valence electrons. The number of piperidine rings is 1. The summed E-state index contributed by atoms with van der Waals surface area (Å²) in [5.74, 6) is 1.06. The summed E-state index contributed by atoms with van der Waals surface area (Å²) in [4.78, 5) is 28.4. The Labute approximate surface area is 141 Å². The van der Waals surface area contributed by atoms with Crippen molar-refractivity contribution in [2.75, 3.05) is 20.1 Å². The summed E-state index contributed by atoms with van der Waals surface area (Å²) < 4.78 is 10.5. The third-order valence-electron chi connectivity index (χ3n) is 4.75. The summed E-state index contributed by atoms with van der Waals surface area (Å²) in [5.41, 5.74) is 0. The maximum atomic E-state index is 12.7. The minimum Gasteiger partial charge on any atom is -0.467 e. The van der Waals surface area contributed by atoms with E-state index in [1.165, 1.54) is 6.26 Å². The molecule has 1 unspecified atom stereocenters. The molecule has 3 heterocycles. The first-order chi connectivity index (χ1) is 11.6. The highest BCUT2D eigenvalue weighted by atomic mass is 16.3. The number of amides is 2. The molecule has 0 aromatic carbocycles. The van der Waals surface area contributed by atoms with Gasteiger partial charge in [-0.25, -0.2) is 0 Å². The number of hydrogen-bond acceptors (Lipinski definition) is 4. The molecule has 1 aliphatic heterocycles. The summed E-state index contributed by atoms with van der Waals surface area (Å²) in [6.45, 7) is 3.09. The van der Waals surface area contributed by atoms with Crippen LogP contribution >= 0.6 is 0 Å². The highest BCUT2D eigenvalue weighted by Gasteiger charge is 2.32. The SMILES string of the molecule is CC(c1ccco1)N(C)C(=O)C1CCN(C(=O)c2ccco2)CC1. The molecular formula is C18H22N2O4. The molecule has 6 nitrogen and oxygen atoms in total. The lowest BCUT2D eigenvalue weighted by molar-refractivity contribution is -0.137. The fraction of sp³-hybridized carbons (Fsp3) is 0.444. The van der Waals surface area contributed by atoms with Crippen LogP contribution in [-0.4, -0.2) is 41.8 Å². The Kier molecular flexibility index (Phi) is 4.74. The maximum absolute atomic E-state index is 12.7. The van der Waals surface area contributed by atoms with Gasteiger partial charge in [0.2, 0.25) is 5.91 Å². The smallest absolute Gasteiger partial charge is 0.289 e. The average molecular weight is 330 g/mol. The Balaban J connectivity index is 1.56. The van der Waals surface area contributed by atoms with Gasteiger partial charge in [0.25, 0.3) is 5.91 Å². The van der Waals surface area contributed by atoms with Crippen LogP contribution in [-0.2, 0) is 4.79 Å². The zero-order valence-corrected chi connectivity index (χ0v) is 14.0. The molecular weight excluding hydrogens is 308 g/mol. The molecule has 1 atom stereocenters. The first-order valence-electron chi connectivity index (χ1n) is 8.20. The predicted octanol–water partition coefficient (Wildman–Crippen LogP) is 2.94. The molecule has 6 heteroatoms. The Bertz CT molecular complexity index is 670. The first kappa shape index (κ1) is 16.4. The topological polar surface area (TPSA) is 66.9 Å². The molecule has 2 aromatic rings. The van der Waals surface area contributed by atoms with Crippen LogP contribution in [0.5, 0.6) is 0 Å². The van der Waals surface area contributed by atoms with Gasteiger partial charge in [-0.1, -0.05) is 0 Å². The van der Waals surface area contributed by atoms with Crippen molar-refractivity contribution >= 4 is 11.8 Å². The number of rotatable bonds is 4. The van der Waals surface area contributed by atoms with Crippen LogP contribution in [0, 0.1) is 5.92 Å². The van der Waals surface area contributed by atoms with E-state index >= 15 is 0 Å². The second kappa shape index (κ2) is 6.95. The van der Waals surface area contributed by atoms with Crippen molar-refractivity contribution in [1.82, 2.24) is 9.80 Å². The number of furan rings is 2. The van der Waals surface area contributed by atoms with Crippen molar-refractivity contribution in [3.05, 3.63) is 48.3 Å². The quantitative estimate of drug-likeness (QED) is 0.864. The summed E-state index contributed by atoms with van der Waals surface area (Å²) in [5, 5.41) is 0. The average Bonchev–Trinajstić information content (AvgIpc) is 3.32. The predicted molar refractivity (Wildman–Crippen MR) is 87.2 cm³/mol. The Morgan fingerprint density at radius 3 is 2.42 bits per heavy atom. The number of likely N-dealkylation sites (tertiary alicyclic amines) is 1. The molecule has 0 spiro atoms. The fourth-order valence-corrected chi connectivity index (χ4v) is 3.08. The summed E-state index contributed by atoms with van der Waals surface area (Å²) in [6.07, 6.45) is 4.44. The van der Waals surface area contributed by atoms with E-state index in [2.05, 4.69) is 0 Å². The third-order valence-corrected chi connectivity index (χ3v) is 4.75. The van der Waals surface area contributed by atoms with Gasteiger partial charge in [0.05, 0.1) is 18.6 Å². The van der Waals surface area contributed by atoms with Crippen molar-refractivity contribution < 1.29 is 18.4 Å². The van der Waals surface area contributed by atoms with Gasteiger partial charge in [-0.2, -0.15) is 0 Å². The highest BCUT2D eigenvalue weighted by molar-refractivity contribution is 5.91. The van der Waals surface area contributed by atoms with E-state index in [0.29, 0.717) is 31.7 Å². The van der Waals surface area contributed by atoms with E-state index in [4.69, 9.17) is 8.83 Å². The van der Waals surface area contributed by atoms with E-state index in [-0.39, 0.29) is 23.8 Å². The van der Waals surface area contributed by atoms with Gasteiger partial charge in [-0.05, 0) is 44.0 Å². The van der Waals surface area contributed by atoms with E-state index in [9.17, 15) is 9.59 Å². The van der Waals surface area contributed by atoms with Gasteiger partial charge in [0.1, 0.15) is 5.76 Å². The molecule has 2 aromatic heterocycles. The molecule has 3 rings (SSSR count). The summed E-state index contributed by atoms with van der Waals surface area (Å²) in [7, 11) is 1.80. The zero-order valence-electron chi connectivity index (χ0n) is 14.0. The van der Waals surface area contributed by atoms with Crippen molar-refractivity contribution in [3.8, 4) is 0 Å². The standard InChI is InChI=1S/C18H22N2O4/c1-13(15-5-3-11-23-15)19(2)17(21)14-7-9-20(10-8-14)18(22)16-6-4-12-24-16/h3-6,11-14H,7-10H2,1-2H3. The molecule has 1 saturated heterocycles. The van der Waals surface area contributed by atoms with Crippen LogP contribution in [0.2, 0.25) is 0 Å². The second-order valence-electron chi connectivity index (χ2n) is 6.18. The molecule has 0 N–H and O–H groups in total. The van der Waals surface area contributed by atoms with Crippen LogP contribution in [0.4, 0.5) is 0 Å². The van der Waals surface area contributed by atoms with Gasteiger partial charge in [0.15, 0.2) is 5.76 Å². The number of carbonyl (C=O) groups is 2. The van der Waals surface area contributed by atoms with Crippen LogP contribution in [0.3, 0.4) is 0 Å². The van der Waals surface area contributed by atoms with E-state index in [1.54, 1.807) is 35.2 Å². The number of carbonyl (C=O) groups excluding carboxylic acids is 2. The third kappa shape index (κ3) is 3.22. The van der Waals surface area contributed by atoms with Crippen LogP contribution in [0.25, 0.3) is 0 Å². The van der Waals surface area contributed by atoms with Crippen molar-refractivity contribution in [1.29, 1.82) is 0 Å². The Morgan fingerprint density at radius 2 is 1.83 bits per heavy atom. The summed E-state index contributed by atoms with van der Waals surface area (Å²) in [6, 6.07) is 6.96. The monoisotopic (exact) mass is 330 g/mol. The Morgan fingerprint density at radius 1 is 1.17 bits per heavy atom. The Hall–Kier alpha value is -2.50. The van der Waals surface area contributed by atoms with E-state index in [1.807, 2.05) is 19.1 Å². The largest absolute Gasteiger partial charge is 0.467 e. The molecule has 0 aliphatic carbocycles. The lowest BCUT2D eigenvalue weighted by Crippen LogP contribution is -2.43. The zero-order chi connectivity index (χ0) is 17.1. The summed E-state index contributed by atoms with van der Waals surface area (Å²) >= 11 is 0. The lowest BCUT2D eigenvalue weighted by atomic mass is 9.94. The minimum absolute atomic E-state index is 0.0620. The number of hydrogen-bond donors (Lipinski definition) is 0. The van der Waals surface area contributed by atoms with E-state index < -0.39 is 0 Å². The molecule has 0 saturated carbocycles. The normalized spacial score (nSPS) is 16.8. The molecule has 1 fully saturated rings. The van der Waals surface area contributed by atoms with Gasteiger partial charge >= 0.3 is 0 Å². The second-order valence-corrected chi connectivity index (χ2v) is 6.18. The fourth-order valence-electron chi connectivity index (χ4n) is 3.08. The van der Waals surface area contributed by atoms with Crippen LogP contribution in [0.1, 0.15) is 42.1 Å². The number of nitrogens with zero attached hydrogens (tertiary/aromatic N) is 2. The molecule has 2 amide bonds. The van der Waals surface area contributed by atoms with Gasteiger partial charge in [0, 0.05) is 26.1 Å². The van der Waals surface area contributed by atoms with Crippen molar-refractivity contribution in [2.45, 2.75) is 25.8 Å². The van der Waals surface area contributed by atoms with Crippen LogP contribution < -0.4 is 0 Å². The van der Waals surface area contributed by atoms with Gasteiger partial charge in [-0.15, -0.1) is 0 Å².